The van der Waals surface area contributed by atoms with E-state index in [-0.39, 0.29) is 5.28 Å². The van der Waals surface area contributed by atoms with E-state index in [1.54, 1.807) is 21.8 Å². The minimum absolute atomic E-state index is 0.102. The second-order valence-corrected chi connectivity index (χ2v) is 6.52. The summed E-state index contributed by atoms with van der Waals surface area (Å²) in [7, 11) is 1.88. The molecular formula is C18H17ClN8. The molecule has 27 heavy (non-hydrogen) atoms. The highest BCUT2D eigenvalue weighted by Crippen LogP contribution is 2.23. The van der Waals surface area contributed by atoms with Gasteiger partial charge < -0.3 is 0 Å². The SMILES string of the molecule is Cc1cccc(/C=N/Nc2nc(Cl)nc3c2ncn3-c2cc(C)n(C)n2)c1. The van der Waals surface area contributed by atoms with Gasteiger partial charge in [0.25, 0.3) is 0 Å². The normalized spacial score (nSPS) is 11.6. The predicted octanol–water partition coefficient (Wildman–Crippen LogP) is 3.27. The van der Waals surface area contributed by atoms with Gasteiger partial charge in [-0.15, -0.1) is 0 Å². The van der Waals surface area contributed by atoms with Crippen LogP contribution in [0.5, 0.6) is 0 Å². The molecule has 0 amide bonds. The molecule has 0 saturated heterocycles. The van der Waals surface area contributed by atoms with Gasteiger partial charge in [0.15, 0.2) is 22.8 Å². The Morgan fingerprint density at radius 1 is 1.19 bits per heavy atom. The molecule has 4 aromatic rings. The number of anilines is 1. The molecule has 0 aliphatic heterocycles. The molecule has 0 fully saturated rings. The maximum atomic E-state index is 6.11. The van der Waals surface area contributed by atoms with Crippen LogP contribution in [0.2, 0.25) is 5.28 Å². The smallest absolute Gasteiger partial charge is 0.226 e. The van der Waals surface area contributed by atoms with Gasteiger partial charge in [0, 0.05) is 18.8 Å². The zero-order valence-electron chi connectivity index (χ0n) is 15.0. The Bertz CT molecular complexity index is 1140. The van der Waals surface area contributed by atoms with Crippen LogP contribution < -0.4 is 5.43 Å². The summed E-state index contributed by atoms with van der Waals surface area (Å²) in [6, 6.07) is 9.96. The van der Waals surface area contributed by atoms with Crippen molar-refractivity contribution in [2.24, 2.45) is 12.1 Å². The summed E-state index contributed by atoms with van der Waals surface area (Å²) in [4.78, 5) is 12.9. The number of fused-ring (bicyclic) bond motifs is 1. The van der Waals surface area contributed by atoms with Gasteiger partial charge in [0.05, 0.1) is 6.21 Å². The van der Waals surface area contributed by atoms with Crippen molar-refractivity contribution in [3.63, 3.8) is 0 Å². The molecule has 8 nitrogen and oxygen atoms in total. The average Bonchev–Trinajstić information content (AvgIpc) is 3.18. The number of benzene rings is 1. The lowest BCUT2D eigenvalue weighted by Crippen LogP contribution is -2.00. The van der Waals surface area contributed by atoms with E-state index in [4.69, 9.17) is 11.6 Å². The number of aryl methyl sites for hydroxylation is 3. The molecule has 0 saturated carbocycles. The van der Waals surface area contributed by atoms with Crippen LogP contribution in [0.25, 0.3) is 17.0 Å². The van der Waals surface area contributed by atoms with Gasteiger partial charge in [-0.3, -0.25) is 14.7 Å². The average molecular weight is 381 g/mol. The van der Waals surface area contributed by atoms with E-state index in [0.29, 0.717) is 22.8 Å². The summed E-state index contributed by atoms with van der Waals surface area (Å²) in [5.41, 5.74) is 7.19. The third-order valence-electron chi connectivity index (χ3n) is 4.14. The molecule has 0 bridgehead atoms. The summed E-state index contributed by atoms with van der Waals surface area (Å²) in [6.07, 6.45) is 3.36. The summed E-state index contributed by atoms with van der Waals surface area (Å²) in [5, 5.41) is 8.81. The second kappa shape index (κ2) is 6.81. The highest BCUT2D eigenvalue weighted by molar-refractivity contribution is 6.28. The van der Waals surface area contributed by atoms with E-state index in [0.717, 1.165) is 16.8 Å². The van der Waals surface area contributed by atoms with Gasteiger partial charge in [0.1, 0.15) is 6.33 Å². The van der Waals surface area contributed by atoms with Crippen molar-refractivity contribution in [2.45, 2.75) is 13.8 Å². The lowest BCUT2D eigenvalue weighted by Gasteiger charge is -2.03. The largest absolute Gasteiger partial charge is 0.271 e. The lowest BCUT2D eigenvalue weighted by atomic mass is 10.2. The van der Waals surface area contributed by atoms with Crippen molar-refractivity contribution < 1.29 is 0 Å². The second-order valence-electron chi connectivity index (χ2n) is 6.18. The molecule has 4 rings (SSSR count). The van der Waals surface area contributed by atoms with Crippen LogP contribution in [0.1, 0.15) is 16.8 Å². The van der Waals surface area contributed by atoms with Crippen LogP contribution in [-0.4, -0.2) is 35.5 Å². The van der Waals surface area contributed by atoms with E-state index < -0.39 is 0 Å². The first-order chi connectivity index (χ1) is 13.0. The molecule has 9 heteroatoms. The minimum Gasteiger partial charge on any atom is -0.271 e. The standard InChI is InChI=1S/C18H17ClN8/c1-11-5-4-6-13(7-11)9-21-24-16-15-17(23-18(19)22-16)27(10-20-15)14-8-12(2)26(3)25-14/h4-10H,1-3H3,(H,22,23,24)/b21-9+. The maximum absolute atomic E-state index is 6.11. The third-order valence-corrected chi connectivity index (χ3v) is 4.31. The molecule has 3 aromatic heterocycles. The van der Waals surface area contributed by atoms with Crippen molar-refractivity contribution in [2.75, 3.05) is 5.43 Å². The Labute approximate surface area is 160 Å². The molecule has 0 aliphatic rings. The van der Waals surface area contributed by atoms with Crippen molar-refractivity contribution in [3.8, 4) is 5.82 Å². The van der Waals surface area contributed by atoms with Crippen molar-refractivity contribution >= 4 is 34.8 Å². The number of nitrogens with one attached hydrogen (secondary N) is 1. The van der Waals surface area contributed by atoms with Gasteiger partial charge in [0.2, 0.25) is 5.28 Å². The molecule has 0 aliphatic carbocycles. The van der Waals surface area contributed by atoms with Gasteiger partial charge in [-0.25, -0.2) is 4.98 Å². The summed E-state index contributed by atoms with van der Waals surface area (Å²) >= 11 is 6.11. The van der Waals surface area contributed by atoms with E-state index >= 15 is 0 Å². The number of halogens is 1. The first kappa shape index (κ1) is 17.2. The quantitative estimate of drug-likeness (QED) is 0.333. The van der Waals surface area contributed by atoms with E-state index in [2.05, 4.69) is 30.6 Å². The topological polar surface area (TPSA) is 85.8 Å². The molecule has 1 aromatic carbocycles. The predicted molar refractivity (Wildman–Crippen MR) is 106 cm³/mol. The lowest BCUT2D eigenvalue weighted by molar-refractivity contribution is 0.729. The number of imidazole rings is 1. The Hall–Kier alpha value is -3.26. The number of rotatable bonds is 4. The summed E-state index contributed by atoms with van der Waals surface area (Å²) < 4.78 is 3.56. The van der Waals surface area contributed by atoms with Gasteiger partial charge in [-0.2, -0.15) is 20.2 Å². The van der Waals surface area contributed by atoms with Gasteiger partial charge >= 0.3 is 0 Å². The summed E-state index contributed by atoms with van der Waals surface area (Å²) in [5.74, 6) is 1.14. The van der Waals surface area contributed by atoms with E-state index in [1.807, 2.05) is 51.2 Å². The Balaban J connectivity index is 1.69. The molecule has 1 N–H and O–H groups in total. The van der Waals surface area contributed by atoms with Gasteiger partial charge in [-0.05, 0) is 31.0 Å². The van der Waals surface area contributed by atoms with Crippen LogP contribution in [0.4, 0.5) is 5.82 Å². The maximum Gasteiger partial charge on any atom is 0.226 e. The Morgan fingerprint density at radius 3 is 2.78 bits per heavy atom. The first-order valence-corrected chi connectivity index (χ1v) is 8.66. The van der Waals surface area contributed by atoms with E-state index in [9.17, 15) is 0 Å². The zero-order valence-corrected chi connectivity index (χ0v) is 15.8. The van der Waals surface area contributed by atoms with Crippen LogP contribution in [0.3, 0.4) is 0 Å². The highest BCUT2D eigenvalue weighted by Gasteiger charge is 2.15. The molecule has 0 spiro atoms. The fraction of sp³-hybridized carbons (Fsp3) is 0.167. The molecule has 136 valence electrons. The molecule has 0 atom stereocenters. The van der Waals surface area contributed by atoms with E-state index in [1.165, 1.54) is 0 Å². The first-order valence-electron chi connectivity index (χ1n) is 8.28. The fourth-order valence-corrected chi connectivity index (χ4v) is 2.86. The number of aromatic nitrogens is 6. The number of hydrogen-bond donors (Lipinski definition) is 1. The Morgan fingerprint density at radius 2 is 2.04 bits per heavy atom. The van der Waals surface area contributed by atoms with Crippen LogP contribution >= 0.6 is 11.6 Å². The highest BCUT2D eigenvalue weighted by atomic mass is 35.5. The van der Waals surface area contributed by atoms with Crippen LogP contribution in [0, 0.1) is 13.8 Å². The van der Waals surface area contributed by atoms with Crippen LogP contribution in [0.15, 0.2) is 41.8 Å². The molecular weight excluding hydrogens is 364 g/mol. The minimum atomic E-state index is 0.102. The fourth-order valence-electron chi connectivity index (χ4n) is 2.70. The zero-order chi connectivity index (χ0) is 19.0. The summed E-state index contributed by atoms with van der Waals surface area (Å²) in [6.45, 7) is 4.01. The molecule has 0 radical (unpaired) electrons. The van der Waals surface area contributed by atoms with Crippen molar-refractivity contribution in [1.82, 2.24) is 29.3 Å². The van der Waals surface area contributed by atoms with Crippen molar-refractivity contribution in [1.29, 1.82) is 0 Å². The van der Waals surface area contributed by atoms with Crippen LogP contribution in [-0.2, 0) is 7.05 Å². The number of hydrazone groups is 1. The monoisotopic (exact) mass is 380 g/mol. The molecule has 0 unspecified atom stereocenters. The Kier molecular flexibility index (Phi) is 4.33. The van der Waals surface area contributed by atoms with Gasteiger partial charge in [-0.1, -0.05) is 29.8 Å². The number of hydrogen-bond acceptors (Lipinski definition) is 6. The van der Waals surface area contributed by atoms with Crippen molar-refractivity contribution in [3.05, 3.63) is 58.8 Å². The number of nitrogens with zero attached hydrogens (tertiary/aromatic N) is 7. The molecule has 3 heterocycles. The third kappa shape index (κ3) is 3.39.